The molecule has 0 aliphatic carbocycles. The van der Waals surface area contributed by atoms with Crippen LogP contribution in [0.15, 0.2) is 54.6 Å². The number of hydrogen-bond acceptors (Lipinski definition) is 4. The number of hydrogen-bond donors (Lipinski definition) is 2. The lowest BCUT2D eigenvalue weighted by Gasteiger charge is -2.11. The predicted molar refractivity (Wildman–Crippen MR) is 91.2 cm³/mol. The summed E-state index contributed by atoms with van der Waals surface area (Å²) in [6.07, 6.45) is -4.38. The SMILES string of the molecule is Cc1cc(Nc2ccc(C(F)(F)F)cc2)nc(Nc2ccc(F)cc2)n1. The van der Waals surface area contributed by atoms with Crippen molar-refractivity contribution in [1.29, 1.82) is 0 Å². The molecule has 2 N–H and O–H groups in total. The molecule has 3 rings (SSSR count). The van der Waals surface area contributed by atoms with Crippen molar-refractivity contribution in [3.05, 3.63) is 71.7 Å². The van der Waals surface area contributed by atoms with Crippen molar-refractivity contribution < 1.29 is 17.6 Å². The molecule has 0 unspecified atom stereocenters. The summed E-state index contributed by atoms with van der Waals surface area (Å²) in [7, 11) is 0. The first kappa shape index (κ1) is 17.7. The van der Waals surface area contributed by atoms with Crippen molar-refractivity contribution >= 4 is 23.1 Å². The standard InChI is InChI=1S/C18H14F4N4/c1-11-10-16(24-14-6-2-12(3-7-14)18(20,21)22)26-17(23-11)25-15-8-4-13(19)5-9-15/h2-10H,1H3,(H2,23,24,25,26). The number of aryl methyl sites for hydroxylation is 1. The minimum absolute atomic E-state index is 0.283. The summed E-state index contributed by atoms with van der Waals surface area (Å²) in [4.78, 5) is 8.50. The van der Waals surface area contributed by atoms with E-state index >= 15 is 0 Å². The molecule has 1 heterocycles. The monoisotopic (exact) mass is 362 g/mol. The second-order valence-electron chi connectivity index (χ2n) is 5.55. The first-order valence-electron chi connectivity index (χ1n) is 7.62. The van der Waals surface area contributed by atoms with E-state index in [0.717, 1.165) is 12.1 Å². The lowest BCUT2D eigenvalue weighted by molar-refractivity contribution is -0.137. The maximum atomic E-state index is 13.0. The third-order valence-electron chi connectivity index (χ3n) is 3.44. The second-order valence-corrected chi connectivity index (χ2v) is 5.55. The van der Waals surface area contributed by atoms with Gasteiger partial charge in [-0.3, -0.25) is 0 Å². The predicted octanol–water partition coefficient (Wildman–Crippen LogP) is 5.43. The zero-order chi connectivity index (χ0) is 18.7. The number of alkyl halides is 3. The van der Waals surface area contributed by atoms with Gasteiger partial charge in [-0.05, 0) is 55.5 Å². The highest BCUT2D eigenvalue weighted by Gasteiger charge is 2.29. The molecule has 26 heavy (non-hydrogen) atoms. The Morgan fingerprint density at radius 3 is 2.00 bits per heavy atom. The molecule has 0 amide bonds. The lowest BCUT2D eigenvalue weighted by atomic mass is 10.2. The van der Waals surface area contributed by atoms with Crippen LogP contribution >= 0.6 is 0 Å². The normalized spacial score (nSPS) is 11.3. The van der Waals surface area contributed by atoms with Crippen molar-refractivity contribution in [2.24, 2.45) is 0 Å². The van der Waals surface area contributed by atoms with Gasteiger partial charge in [-0.1, -0.05) is 0 Å². The zero-order valence-electron chi connectivity index (χ0n) is 13.6. The van der Waals surface area contributed by atoms with Crippen molar-refractivity contribution in [1.82, 2.24) is 9.97 Å². The molecule has 0 bridgehead atoms. The third-order valence-corrected chi connectivity index (χ3v) is 3.44. The van der Waals surface area contributed by atoms with Crippen molar-refractivity contribution in [3.63, 3.8) is 0 Å². The molecule has 0 aliphatic heterocycles. The molecule has 0 spiro atoms. The number of rotatable bonds is 4. The first-order valence-corrected chi connectivity index (χ1v) is 7.62. The van der Waals surface area contributed by atoms with E-state index in [2.05, 4.69) is 20.6 Å². The van der Waals surface area contributed by atoms with Gasteiger partial charge in [-0.25, -0.2) is 9.37 Å². The van der Waals surface area contributed by atoms with Crippen molar-refractivity contribution in [2.45, 2.75) is 13.1 Å². The average Bonchev–Trinajstić information content (AvgIpc) is 2.56. The Labute approximate surface area is 146 Å². The van der Waals surface area contributed by atoms with Gasteiger partial charge in [0.15, 0.2) is 0 Å². The van der Waals surface area contributed by atoms with Crippen LogP contribution in [0.4, 0.5) is 40.7 Å². The topological polar surface area (TPSA) is 49.8 Å². The van der Waals surface area contributed by atoms with Gasteiger partial charge in [0.2, 0.25) is 5.95 Å². The summed E-state index contributed by atoms with van der Waals surface area (Å²) < 4.78 is 50.8. The number of benzene rings is 2. The van der Waals surface area contributed by atoms with Crippen LogP contribution in [0.25, 0.3) is 0 Å². The van der Waals surface area contributed by atoms with Gasteiger partial charge < -0.3 is 10.6 Å². The quantitative estimate of drug-likeness (QED) is 0.608. The smallest absolute Gasteiger partial charge is 0.340 e. The molecule has 1 aromatic heterocycles. The number of halogens is 4. The molecule has 0 radical (unpaired) electrons. The van der Waals surface area contributed by atoms with E-state index in [9.17, 15) is 17.6 Å². The Hall–Kier alpha value is -3.16. The van der Waals surface area contributed by atoms with Crippen LogP contribution in [-0.4, -0.2) is 9.97 Å². The molecule has 0 fully saturated rings. The van der Waals surface area contributed by atoms with Gasteiger partial charge >= 0.3 is 6.18 Å². The van der Waals surface area contributed by atoms with Crippen LogP contribution in [0.1, 0.15) is 11.3 Å². The third kappa shape index (κ3) is 4.47. The molecular formula is C18H14F4N4. The maximum Gasteiger partial charge on any atom is 0.416 e. The number of nitrogens with zero attached hydrogens (tertiary/aromatic N) is 2. The number of aromatic nitrogens is 2. The summed E-state index contributed by atoms with van der Waals surface area (Å²) in [5.74, 6) is 0.346. The fourth-order valence-corrected chi connectivity index (χ4v) is 2.24. The van der Waals surface area contributed by atoms with Crippen LogP contribution in [-0.2, 0) is 6.18 Å². The molecule has 134 valence electrons. The van der Waals surface area contributed by atoms with Crippen LogP contribution in [0.2, 0.25) is 0 Å². The van der Waals surface area contributed by atoms with E-state index in [-0.39, 0.29) is 11.8 Å². The highest BCUT2D eigenvalue weighted by Crippen LogP contribution is 2.30. The summed E-state index contributed by atoms with van der Waals surface area (Å²) in [5, 5.41) is 5.89. The summed E-state index contributed by atoms with van der Waals surface area (Å²) in [6, 6.07) is 12.0. The Morgan fingerprint density at radius 1 is 0.808 bits per heavy atom. The summed E-state index contributed by atoms with van der Waals surface area (Å²) in [5.41, 5.74) is 1.00. The first-order chi connectivity index (χ1) is 12.3. The van der Waals surface area contributed by atoms with Crippen LogP contribution in [0, 0.1) is 12.7 Å². The number of anilines is 4. The molecule has 0 saturated carbocycles. The Balaban J connectivity index is 1.78. The second kappa shape index (κ2) is 6.99. The van der Waals surface area contributed by atoms with Gasteiger partial charge in [0, 0.05) is 23.1 Å². The molecule has 2 aromatic carbocycles. The molecule has 0 aliphatic rings. The minimum atomic E-state index is -4.38. The lowest BCUT2D eigenvalue weighted by Crippen LogP contribution is -2.05. The van der Waals surface area contributed by atoms with Crippen LogP contribution < -0.4 is 10.6 Å². The van der Waals surface area contributed by atoms with Gasteiger partial charge in [-0.2, -0.15) is 18.2 Å². The molecule has 0 atom stereocenters. The Morgan fingerprint density at radius 2 is 1.38 bits per heavy atom. The zero-order valence-corrected chi connectivity index (χ0v) is 13.6. The van der Waals surface area contributed by atoms with E-state index in [4.69, 9.17) is 0 Å². The van der Waals surface area contributed by atoms with E-state index < -0.39 is 11.7 Å². The molecule has 4 nitrogen and oxygen atoms in total. The highest BCUT2D eigenvalue weighted by atomic mass is 19.4. The maximum absolute atomic E-state index is 13.0. The van der Waals surface area contributed by atoms with Gasteiger partial charge in [0.05, 0.1) is 5.56 Å². The van der Waals surface area contributed by atoms with E-state index in [1.807, 2.05) is 0 Å². The van der Waals surface area contributed by atoms with Crippen LogP contribution in [0.3, 0.4) is 0 Å². The minimum Gasteiger partial charge on any atom is -0.340 e. The van der Waals surface area contributed by atoms with E-state index in [0.29, 0.717) is 22.9 Å². The van der Waals surface area contributed by atoms with E-state index in [1.165, 1.54) is 24.3 Å². The largest absolute Gasteiger partial charge is 0.416 e. The average molecular weight is 362 g/mol. The van der Waals surface area contributed by atoms with Gasteiger partial charge in [0.25, 0.3) is 0 Å². The molecule has 3 aromatic rings. The van der Waals surface area contributed by atoms with Gasteiger partial charge in [-0.15, -0.1) is 0 Å². The fourth-order valence-electron chi connectivity index (χ4n) is 2.24. The summed E-state index contributed by atoms with van der Waals surface area (Å²) in [6.45, 7) is 1.76. The molecular weight excluding hydrogens is 348 g/mol. The molecule has 8 heteroatoms. The van der Waals surface area contributed by atoms with Gasteiger partial charge in [0.1, 0.15) is 11.6 Å². The number of nitrogens with one attached hydrogen (secondary N) is 2. The highest BCUT2D eigenvalue weighted by molar-refractivity contribution is 5.60. The van der Waals surface area contributed by atoms with Crippen molar-refractivity contribution in [2.75, 3.05) is 10.6 Å². The van der Waals surface area contributed by atoms with Crippen molar-refractivity contribution in [3.8, 4) is 0 Å². The fraction of sp³-hybridized carbons (Fsp3) is 0.111. The Kier molecular flexibility index (Phi) is 4.75. The Bertz CT molecular complexity index is 891. The van der Waals surface area contributed by atoms with E-state index in [1.54, 1.807) is 25.1 Å². The summed E-state index contributed by atoms with van der Waals surface area (Å²) >= 11 is 0. The molecule has 0 saturated heterocycles. The van der Waals surface area contributed by atoms with Crippen LogP contribution in [0.5, 0.6) is 0 Å².